The molecule has 3 aliphatic carbocycles. The number of fused-ring (bicyclic) bond motifs is 8. The molecule has 0 radical (unpaired) electrons. The Balaban J connectivity index is 1.30. The SMILES string of the molecule is COc1ccc(C2CCCCC2)c2c1cc1n2CC2=C(C(=O)NS(=O)(=O)C(C)C)C2=C2C=CC[C@@H](C(=O)N3C4COCC3COC4)C21. The number of morpholine rings is 2. The zero-order valence-electron chi connectivity index (χ0n) is 27.3. The number of carbonyl (C=O) groups is 2. The average Bonchev–Trinajstić information content (AvgIpc) is 3.69. The van der Waals surface area contributed by atoms with Crippen molar-refractivity contribution < 1.29 is 32.2 Å². The van der Waals surface area contributed by atoms with E-state index in [0.717, 1.165) is 51.9 Å². The smallest absolute Gasteiger partial charge is 0.265 e. The number of allylic oxidation sites excluding steroid dienone is 4. The van der Waals surface area contributed by atoms with Gasteiger partial charge in [0.25, 0.3) is 5.91 Å². The molecule has 6 aliphatic rings. The molecule has 2 amide bonds. The molecule has 1 aromatic carbocycles. The Labute approximate surface area is 275 Å². The fourth-order valence-corrected chi connectivity index (χ4v) is 9.35. The first kappa shape index (κ1) is 30.9. The van der Waals surface area contributed by atoms with E-state index in [2.05, 4.69) is 33.6 Å². The zero-order valence-corrected chi connectivity index (χ0v) is 28.1. The van der Waals surface area contributed by atoms with Gasteiger partial charge in [-0.3, -0.25) is 9.59 Å². The van der Waals surface area contributed by atoms with E-state index in [1.807, 2.05) is 11.0 Å². The first-order chi connectivity index (χ1) is 22.7. The molecule has 250 valence electrons. The summed E-state index contributed by atoms with van der Waals surface area (Å²) in [6, 6.07) is 6.21. The van der Waals surface area contributed by atoms with Crippen molar-refractivity contribution in [2.24, 2.45) is 5.92 Å². The largest absolute Gasteiger partial charge is 0.496 e. The molecule has 1 N–H and O–H groups in total. The van der Waals surface area contributed by atoms with Crippen LogP contribution in [0.4, 0.5) is 0 Å². The highest BCUT2D eigenvalue weighted by Crippen LogP contribution is 2.55. The van der Waals surface area contributed by atoms with Gasteiger partial charge in [0.05, 0.1) is 67.9 Å². The van der Waals surface area contributed by atoms with E-state index in [0.29, 0.717) is 50.9 Å². The summed E-state index contributed by atoms with van der Waals surface area (Å²) in [7, 11) is -2.14. The Morgan fingerprint density at radius 2 is 1.72 bits per heavy atom. The molecule has 3 aliphatic heterocycles. The summed E-state index contributed by atoms with van der Waals surface area (Å²) in [6.07, 6.45) is 10.5. The lowest BCUT2D eigenvalue weighted by Crippen LogP contribution is -2.63. The highest BCUT2D eigenvalue weighted by molar-refractivity contribution is 7.90. The number of nitrogens with one attached hydrogen (secondary N) is 1. The molecular formula is C36H43N3O7S. The van der Waals surface area contributed by atoms with E-state index in [1.165, 1.54) is 24.8 Å². The first-order valence-corrected chi connectivity index (χ1v) is 18.6. The second-order valence-electron chi connectivity index (χ2n) is 14.2. The monoisotopic (exact) mass is 661 g/mol. The van der Waals surface area contributed by atoms with Gasteiger partial charge in [0.1, 0.15) is 5.75 Å². The van der Waals surface area contributed by atoms with Crippen LogP contribution in [-0.4, -0.2) is 80.6 Å². The number of nitrogens with zero attached hydrogens (tertiary/aromatic N) is 2. The molecule has 3 fully saturated rings. The number of amides is 2. The molecule has 2 saturated heterocycles. The van der Waals surface area contributed by atoms with Gasteiger partial charge in [-0.1, -0.05) is 37.5 Å². The molecule has 47 heavy (non-hydrogen) atoms. The van der Waals surface area contributed by atoms with E-state index >= 15 is 0 Å². The van der Waals surface area contributed by atoms with E-state index in [-0.39, 0.29) is 23.9 Å². The van der Waals surface area contributed by atoms with E-state index in [1.54, 1.807) is 21.0 Å². The summed E-state index contributed by atoms with van der Waals surface area (Å²) in [5.74, 6) is -0.0533. The third-order valence-corrected chi connectivity index (χ3v) is 12.9. The van der Waals surface area contributed by atoms with Gasteiger partial charge in [0.2, 0.25) is 15.9 Å². The molecule has 2 bridgehead atoms. The third kappa shape index (κ3) is 4.99. The predicted octanol–water partition coefficient (Wildman–Crippen LogP) is 4.46. The standard InChI is InChI=1S/C36H43N3O7S/c1-20(2)47(42,43)37-35(40)33-28-15-38-29(14-27-30(44-3)13-12-24(34(27)38)21-8-5-4-6-9-21)31-25(32(28)33)10-7-11-26(31)36(41)39-22-16-45-18-23(39)19-46-17-22/h7,10,12-14,20-23,26,31H,4-6,8-9,11,15-19H2,1-3H3,(H,37,40)/t22?,23?,26-,31?/m1/s1. The number of rotatable bonds is 6. The number of methoxy groups -OCH3 is 1. The molecule has 2 atom stereocenters. The normalized spacial score (nSPS) is 27.4. The maximum Gasteiger partial charge on any atom is 0.265 e. The molecular weight excluding hydrogens is 618 g/mol. The summed E-state index contributed by atoms with van der Waals surface area (Å²) in [5.41, 5.74) is 6.38. The van der Waals surface area contributed by atoms with Gasteiger partial charge < -0.3 is 23.7 Å². The quantitative estimate of drug-likeness (QED) is 0.486. The number of ether oxygens (including phenoxy) is 3. The average molecular weight is 662 g/mol. The van der Waals surface area contributed by atoms with Crippen molar-refractivity contribution in [2.75, 3.05) is 33.5 Å². The lowest BCUT2D eigenvalue weighted by Gasteiger charge is -2.47. The van der Waals surface area contributed by atoms with Crippen molar-refractivity contribution in [1.82, 2.24) is 14.2 Å². The number of aromatic nitrogens is 1. The Bertz CT molecular complexity index is 1840. The van der Waals surface area contributed by atoms with Gasteiger partial charge in [-0.15, -0.1) is 0 Å². The number of hydrogen-bond donors (Lipinski definition) is 1. The lowest BCUT2D eigenvalue weighted by molar-refractivity contribution is -0.172. The Kier molecular flexibility index (Phi) is 7.64. The highest BCUT2D eigenvalue weighted by Gasteiger charge is 2.50. The molecule has 10 nitrogen and oxygen atoms in total. The molecule has 1 saturated carbocycles. The van der Waals surface area contributed by atoms with Crippen molar-refractivity contribution in [1.29, 1.82) is 0 Å². The molecule has 4 heterocycles. The maximum atomic E-state index is 14.7. The van der Waals surface area contributed by atoms with Gasteiger partial charge in [-0.2, -0.15) is 0 Å². The minimum Gasteiger partial charge on any atom is -0.496 e. The summed E-state index contributed by atoms with van der Waals surface area (Å²) in [5, 5.41) is 0.269. The Hall–Kier alpha value is -3.41. The van der Waals surface area contributed by atoms with Crippen molar-refractivity contribution in [3.8, 4) is 5.75 Å². The van der Waals surface area contributed by atoms with Crippen molar-refractivity contribution in [2.45, 2.75) is 88.1 Å². The summed E-state index contributed by atoms with van der Waals surface area (Å²) in [4.78, 5) is 30.4. The van der Waals surface area contributed by atoms with Crippen LogP contribution in [0.5, 0.6) is 5.75 Å². The van der Waals surface area contributed by atoms with Crippen LogP contribution in [-0.2, 0) is 35.6 Å². The van der Waals surface area contributed by atoms with Crippen LogP contribution in [0.25, 0.3) is 10.9 Å². The number of sulfonamides is 1. The molecule has 1 aromatic heterocycles. The van der Waals surface area contributed by atoms with Crippen LogP contribution < -0.4 is 9.46 Å². The fraction of sp³-hybridized carbons (Fsp3) is 0.556. The Morgan fingerprint density at radius 1 is 1.02 bits per heavy atom. The van der Waals surface area contributed by atoms with Crippen molar-refractivity contribution >= 4 is 32.7 Å². The first-order valence-electron chi connectivity index (χ1n) is 17.1. The molecule has 1 unspecified atom stereocenters. The second kappa shape index (κ2) is 11.6. The number of benzene rings is 1. The summed E-state index contributed by atoms with van der Waals surface area (Å²) in [6.45, 7) is 5.34. The number of carbonyl (C=O) groups excluding carboxylic acids is 2. The van der Waals surface area contributed by atoms with Gasteiger partial charge in [0.15, 0.2) is 0 Å². The van der Waals surface area contributed by atoms with Crippen molar-refractivity contribution in [3.63, 3.8) is 0 Å². The summed E-state index contributed by atoms with van der Waals surface area (Å²) < 4.78 is 47.8. The summed E-state index contributed by atoms with van der Waals surface area (Å²) >= 11 is 0. The minimum atomic E-state index is -3.83. The van der Waals surface area contributed by atoms with Crippen LogP contribution in [0.3, 0.4) is 0 Å². The van der Waals surface area contributed by atoms with Crippen molar-refractivity contribution in [3.05, 3.63) is 63.9 Å². The third-order valence-electron chi connectivity index (χ3n) is 11.2. The van der Waals surface area contributed by atoms with E-state index in [4.69, 9.17) is 14.2 Å². The molecule has 0 spiro atoms. The molecule has 8 rings (SSSR count). The van der Waals surface area contributed by atoms with Crippen LogP contribution in [0, 0.1) is 5.92 Å². The van der Waals surface area contributed by atoms with Gasteiger partial charge in [-0.05, 0) is 73.4 Å². The minimum absolute atomic E-state index is 0.0767. The van der Waals surface area contributed by atoms with Gasteiger partial charge in [-0.25, -0.2) is 13.1 Å². The van der Waals surface area contributed by atoms with Gasteiger partial charge in [0, 0.05) is 23.5 Å². The van der Waals surface area contributed by atoms with E-state index in [9.17, 15) is 18.0 Å². The molecule has 11 heteroatoms. The fourth-order valence-electron chi connectivity index (χ4n) is 8.75. The van der Waals surface area contributed by atoms with Crippen LogP contribution in [0.2, 0.25) is 0 Å². The number of hydrogen-bond acceptors (Lipinski definition) is 7. The van der Waals surface area contributed by atoms with E-state index < -0.39 is 27.1 Å². The zero-order chi connectivity index (χ0) is 32.6. The topological polar surface area (TPSA) is 116 Å². The highest BCUT2D eigenvalue weighted by atomic mass is 32.2. The second-order valence-corrected chi connectivity index (χ2v) is 16.4. The Morgan fingerprint density at radius 3 is 2.38 bits per heavy atom. The lowest BCUT2D eigenvalue weighted by atomic mass is 9.75. The molecule has 2 aromatic rings. The predicted molar refractivity (Wildman–Crippen MR) is 177 cm³/mol. The maximum absolute atomic E-state index is 14.7. The van der Waals surface area contributed by atoms with Crippen LogP contribution in [0.1, 0.15) is 75.5 Å². The van der Waals surface area contributed by atoms with Gasteiger partial charge >= 0.3 is 0 Å². The van der Waals surface area contributed by atoms with Crippen LogP contribution in [0.15, 0.2) is 52.6 Å². The van der Waals surface area contributed by atoms with Crippen LogP contribution >= 0.6 is 0 Å².